The van der Waals surface area contributed by atoms with E-state index in [0.29, 0.717) is 0 Å². The predicted octanol–water partition coefficient (Wildman–Crippen LogP) is 2.58. The molecule has 3 aliphatic rings. The van der Waals surface area contributed by atoms with Gasteiger partial charge in [-0.1, -0.05) is 0 Å². The Morgan fingerprint density at radius 1 is 1.06 bits per heavy atom. The van der Waals surface area contributed by atoms with Crippen molar-refractivity contribution >= 4 is 11.9 Å². The summed E-state index contributed by atoms with van der Waals surface area (Å²) < 4.78 is 1.32. The first-order chi connectivity index (χ1) is 15.5. The number of rotatable bonds is 3. The summed E-state index contributed by atoms with van der Waals surface area (Å²) in [5.74, 6) is 0.760. The Labute approximate surface area is 188 Å². The third-order valence-electron chi connectivity index (χ3n) is 7.22. The number of carbonyl (C=O) groups is 1. The minimum absolute atomic E-state index is 0.0250. The van der Waals surface area contributed by atoms with Gasteiger partial charge in [0.15, 0.2) is 0 Å². The Morgan fingerprint density at radius 2 is 1.81 bits per heavy atom. The maximum Gasteiger partial charge on any atom is 0.267 e. The van der Waals surface area contributed by atoms with Gasteiger partial charge in [-0.3, -0.25) is 9.59 Å². The second kappa shape index (κ2) is 8.64. The number of amides is 1. The van der Waals surface area contributed by atoms with Gasteiger partial charge in [-0.25, -0.2) is 14.6 Å². The molecule has 2 saturated heterocycles. The third kappa shape index (κ3) is 3.91. The molecule has 1 amide bonds. The van der Waals surface area contributed by atoms with Crippen molar-refractivity contribution in [2.45, 2.75) is 83.8 Å². The van der Waals surface area contributed by atoms with Crippen LogP contribution in [0.4, 0.5) is 5.95 Å². The summed E-state index contributed by atoms with van der Waals surface area (Å²) in [6.45, 7) is 6.16. The average molecular weight is 437 g/mol. The molecule has 8 nitrogen and oxygen atoms in total. The number of likely N-dealkylation sites (tertiary alicyclic amines) is 1. The Balaban J connectivity index is 1.43. The summed E-state index contributed by atoms with van der Waals surface area (Å²) in [6, 6.07) is 2.03. The molecule has 0 aromatic carbocycles. The number of aryl methyl sites for hydroxylation is 2. The number of aromatic nitrogens is 4. The van der Waals surface area contributed by atoms with E-state index in [9.17, 15) is 9.59 Å². The van der Waals surface area contributed by atoms with Crippen LogP contribution in [0.25, 0.3) is 11.3 Å². The van der Waals surface area contributed by atoms with E-state index in [0.717, 1.165) is 73.7 Å². The number of hydrogen-bond acceptors (Lipinski definition) is 6. The number of fused-ring (bicyclic) bond motifs is 3. The van der Waals surface area contributed by atoms with E-state index in [-0.39, 0.29) is 30.1 Å². The molecule has 32 heavy (non-hydrogen) atoms. The molecule has 8 heteroatoms. The number of anilines is 1. The fourth-order valence-corrected chi connectivity index (χ4v) is 5.47. The summed E-state index contributed by atoms with van der Waals surface area (Å²) in [7, 11) is 0. The molecule has 2 aliphatic heterocycles. The molecule has 1 aliphatic carbocycles. The van der Waals surface area contributed by atoms with Crippen LogP contribution >= 0.6 is 0 Å². The lowest BCUT2D eigenvalue weighted by Gasteiger charge is -2.39. The van der Waals surface area contributed by atoms with Gasteiger partial charge >= 0.3 is 0 Å². The second-order valence-electron chi connectivity index (χ2n) is 9.52. The zero-order chi connectivity index (χ0) is 22.2. The van der Waals surface area contributed by atoms with Gasteiger partial charge in [-0.15, -0.1) is 0 Å². The van der Waals surface area contributed by atoms with Crippen molar-refractivity contribution in [1.29, 1.82) is 0 Å². The van der Waals surface area contributed by atoms with Crippen molar-refractivity contribution in [1.82, 2.24) is 24.6 Å². The van der Waals surface area contributed by atoms with Gasteiger partial charge in [0.2, 0.25) is 11.9 Å². The van der Waals surface area contributed by atoms with Crippen LogP contribution in [0.1, 0.15) is 63.6 Å². The Kier molecular flexibility index (Phi) is 5.69. The van der Waals surface area contributed by atoms with E-state index in [1.54, 1.807) is 6.07 Å². The van der Waals surface area contributed by atoms with E-state index < -0.39 is 0 Å². The average Bonchev–Trinajstić information content (AvgIpc) is 2.79. The fourth-order valence-electron chi connectivity index (χ4n) is 5.47. The third-order valence-corrected chi connectivity index (χ3v) is 7.22. The Bertz CT molecular complexity index is 1060. The molecule has 2 atom stereocenters. The van der Waals surface area contributed by atoms with Crippen LogP contribution in [0.2, 0.25) is 0 Å². The molecular weight excluding hydrogens is 404 g/mol. The number of carbonyl (C=O) groups excluding carboxylic acids is 1. The molecule has 2 aromatic rings. The van der Waals surface area contributed by atoms with E-state index in [1.165, 1.54) is 23.9 Å². The lowest BCUT2D eigenvalue weighted by atomic mass is 9.94. The monoisotopic (exact) mass is 436 g/mol. The highest BCUT2D eigenvalue weighted by atomic mass is 16.2. The van der Waals surface area contributed by atoms with Gasteiger partial charge in [0, 0.05) is 43.0 Å². The van der Waals surface area contributed by atoms with Crippen LogP contribution in [-0.4, -0.2) is 55.7 Å². The molecule has 0 N–H and O–H groups in total. The maximum atomic E-state index is 13.1. The van der Waals surface area contributed by atoms with Crippen molar-refractivity contribution in [2.75, 3.05) is 18.0 Å². The lowest BCUT2D eigenvalue weighted by Crippen LogP contribution is -2.49. The molecule has 5 rings (SSSR count). The summed E-state index contributed by atoms with van der Waals surface area (Å²) in [5, 5.41) is 4.64. The van der Waals surface area contributed by atoms with E-state index in [4.69, 9.17) is 4.98 Å². The SMILES string of the molecule is CC1CCCC(C)N1C(=O)Cn1nc2c(cc1=O)CCc1nc(N3CCCCC3)ncc1-2. The van der Waals surface area contributed by atoms with Crippen LogP contribution in [0.5, 0.6) is 0 Å². The van der Waals surface area contributed by atoms with E-state index in [1.807, 2.05) is 11.1 Å². The summed E-state index contributed by atoms with van der Waals surface area (Å²) in [6.07, 6.45) is 10.1. The molecule has 0 spiro atoms. The topological polar surface area (TPSA) is 84.2 Å². The number of hydrogen-bond donors (Lipinski definition) is 0. The van der Waals surface area contributed by atoms with Gasteiger partial charge in [-0.2, -0.15) is 5.10 Å². The first kappa shape index (κ1) is 21.1. The van der Waals surface area contributed by atoms with Crippen molar-refractivity contribution in [3.63, 3.8) is 0 Å². The largest absolute Gasteiger partial charge is 0.341 e. The Hall–Kier alpha value is -2.77. The molecule has 2 aromatic heterocycles. The van der Waals surface area contributed by atoms with E-state index in [2.05, 4.69) is 28.8 Å². The molecule has 4 heterocycles. The highest BCUT2D eigenvalue weighted by Gasteiger charge is 2.30. The first-order valence-corrected chi connectivity index (χ1v) is 12.0. The van der Waals surface area contributed by atoms with Gasteiger partial charge in [0.05, 0.1) is 11.4 Å². The second-order valence-corrected chi connectivity index (χ2v) is 9.52. The highest BCUT2D eigenvalue weighted by Crippen LogP contribution is 2.31. The van der Waals surface area contributed by atoms with Crippen molar-refractivity contribution in [3.8, 4) is 11.3 Å². The van der Waals surface area contributed by atoms with Crippen LogP contribution < -0.4 is 10.5 Å². The van der Waals surface area contributed by atoms with Gasteiger partial charge in [0.1, 0.15) is 6.54 Å². The normalized spacial score (nSPS) is 22.9. The summed E-state index contributed by atoms with van der Waals surface area (Å²) >= 11 is 0. The summed E-state index contributed by atoms with van der Waals surface area (Å²) in [4.78, 5) is 39.5. The lowest BCUT2D eigenvalue weighted by molar-refractivity contribution is -0.138. The van der Waals surface area contributed by atoms with Crippen LogP contribution in [0.3, 0.4) is 0 Å². The molecule has 0 radical (unpaired) electrons. The van der Waals surface area contributed by atoms with Crippen LogP contribution in [0, 0.1) is 0 Å². The molecule has 170 valence electrons. The maximum absolute atomic E-state index is 13.1. The Morgan fingerprint density at radius 3 is 2.56 bits per heavy atom. The standard InChI is InChI=1S/C24H32N6O2/c1-16-7-6-8-17(2)30(16)22(32)15-29-21(31)13-18-9-10-20-19(23(18)27-29)14-25-24(26-20)28-11-4-3-5-12-28/h13-14,16-17H,3-12,15H2,1-2H3. The zero-order valence-corrected chi connectivity index (χ0v) is 19.1. The molecule has 0 bridgehead atoms. The zero-order valence-electron chi connectivity index (χ0n) is 19.1. The molecule has 2 fully saturated rings. The fraction of sp³-hybridized carbons (Fsp3) is 0.625. The summed E-state index contributed by atoms with van der Waals surface area (Å²) in [5.41, 5.74) is 3.30. The van der Waals surface area contributed by atoms with Gasteiger partial charge < -0.3 is 9.80 Å². The molecule has 2 unspecified atom stereocenters. The predicted molar refractivity (Wildman–Crippen MR) is 123 cm³/mol. The highest BCUT2D eigenvalue weighted by molar-refractivity contribution is 5.77. The van der Waals surface area contributed by atoms with Crippen LogP contribution in [0.15, 0.2) is 17.1 Å². The van der Waals surface area contributed by atoms with Crippen LogP contribution in [-0.2, 0) is 24.2 Å². The van der Waals surface area contributed by atoms with E-state index >= 15 is 0 Å². The molecular formula is C24H32N6O2. The van der Waals surface area contributed by atoms with Gasteiger partial charge in [0.25, 0.3) is 5.56 Å². The molecule has 0 saturated carbocycles. The number of piperidine rings is 2. The quantitative estimate of drug-likeness (QED) is 0.735. The van der Waals surface area contributed by atoms with Crippen molar-refractivity contribution in [3.05, 3.63) is 33.9 Å². The van der Waals surface area contributed by atoms with Crippen molar-refractivity contribution in [2.24, 2.45) is 0 Å². The van der Waals surface area contributed by atoms with Gasteiger partial charge in [-0.05, 0) is 70.8 Å². The number of nitrogens with zero attached hydrogens (tertiary/aromatic N) is 6. The smallest absolute Gasteiger partial charge is 0.267 e. The minimum atomic E-state index is -0.219. The van der Waals surface area contributed by atoms with Crippen molar-refractivity contribution < 1.29 is 4.79 Å². The minimum Gasteiger partial charge on any atom is -0.341 e. The first-order valence-electron chi connectivity index (χ1n) is 12.0.